The molecule has 1 aromatic rings. The molecule has 0 bridgehead atoms. The minimum atomic E-state index is 0.245. The number of aromatic nitrogens is 3. The van der Waals surface area contributed by atoms with E-state index in [0.717, 1.165) is 38.4 Å². The highest BCUT2D eigenvalue weighted by Crippen LogP contribution is 2.33. The van der Waals surface area contributed by atoms with Crippen LogP contribution in [0.2, 0.25) is 0 Å². The zero-order valence-corrected chi connectivity index (χ0v) is 8.99. The van der Waals surface area contributed by atoms with Gasteiger partial charge in [-0.25, -0.2) is 4.98 Å². The molecule has 1 fully saturated rings. The Bertz CT molecular complexity index is 270. The molecule has 0 atom stereocenters. The molecular formula is C9H15N3OS. The van der Waals surface area contributed by atoms with Crippen LogP contribution in [0.3, 0.4) is 0 Å². The first-order valence-electron chi connectivity index (χ1n) is 4.86. The van der Waals surface area contributed by atoms with Gasteiger partial charge in [0.15, 0.2) is 0 Å². The third-order valence-electron chi connectivity index (χ3n) is 2.85. The minimum Gasteiger partial charge on any atom is -0.381 e. The monoisotopic (exact) mass is 213 g/mol. The summed E-state index contributed by atoms with van der Waals surface area (Å²) < 4.78 is 7.26. The number of thiol groups is 1. The lowest BCUT2D eigenvalue weighted by Crippen LogP contribution is -2.35. The van der Waals surface area contributed by atoms with Crippen molar-refractivity contribution in [2.24, 2.45) is 5.41 Å². The van der Waals surface area contributed by atoms with Gasteiger partial charge >= 0.3 is 0 Å². The quantitative estimate of drug-likeness (QED) is 0.762. The molecule has 0 radical (unpaired) electrons. The predicted molar refractivity (Wildman–Crippen MR) is 56.4 cm³/mol. The zero-order valence-electron chi connectivity index (χ0n) is 8.09. The lowest BCUT2D eigenvalue weighted by molar-refractivity contribution is 0.0165. The van der Waals surface area contributed by atoms with Crippen molar-refractivity contribution in [1.82, 2.24) is 14.8 Å². The van der Waals surface area contributed by atoms with Crippen molar-refractivity contribution in [3.05, 3.63) is 12.7 Å². The van der Waals surface area contributed by atoms with Crippen LogP contribution in [0.5, 0.6) is 0 Å². The first kappa shape index (κ1) is 9.98. The Morgan fingerprint density at radius 1 is 1.43 bits per heavy atom. The first-order valence-corrected chi connectivity index (χ1v) is 5.49. The van der Waals surface area contributed by atoms with Gasteiger partial charge in [-0.2, -0.15) is 17.7 Å². The van der Waals surface area contributed by atoms with E-state index in [2.05, 4.69) is 22.7 Å². The molecule has 1 aromatic heterocycles. The summed E-state index contributed by atoms with van der Waals surface area (Å²) in [4.78, 5) is 3.95. The maximum atomic E-state index is 5.37. The Morgan fingerprint density at radius 2 is 2.21 bits per heavy atom. The van der Waals surface area contributed by atoms with Gasteiger partial charge in [0, 0.05) is 25.2 Å². The second-order valence-electron chi connectivity index (χ2n) is 3.86. The zero-order chi connectivity index (χ0) is 9.86. The van der Waals surface area contributed by atoms with Gasteiger partial charge in [-0.3, -0.25) is 4.68 Å². The third-order valence-corrected chi connectivity index (χ3v) is 3.52. The molecular weight excluding hydrogens is 198 g/mol. The van der Waals surface area contributed by atoms with E-state index in [-0.39, 0.29) is 5.41 Å². The molecule has 0 aromatic carbocycles. The van der Waals surface area contributed by atoms with Gasteiger partial charge in [0.05, 0.1) is 0 Å². The van der Waals surface area contributed by atoms with Crippen LogP contribution >= 0.6 is 12.6 Å². The maximum absolute atomic E-state index is 5.37. The summed E-state index contributed by atoms with van der Waals surface area (Å²) in [6.45, 7) is 2.59. The van der Waals surface area contributed by atoms with Crippen LogP contribution in [0.25, 0.3) is 0 Å². The van der Waals surface area contributed by atoms with Crippen LogP contribution in [0.4, 0.5) is 0 Å². The highest BCUT2D eigenvalue weighted by atomic mass is 32.1. The first-order chi connectivity index (χ1) is 6.85. The molecule has 0 saturated carbocycles. The van der Waals surface area contributed by atoms with E-state index in [9.17, 15) is 0 Å². The second-order valence-corrected chi connectivity index (χ2v) is 4.18. The molecule has 1 aliphatic heterocycles. The van der Waals surface area contributed by atoms with Crippen molar-refractivity contribution in [2.75, 3.05) is 19.0 Å². The van der Waals surface area contributed by atoms with E-state index in [1.807, 2.05) is 4.68 Å². The van der Waals surface area contributed by atoms with E-state index in [1.165, 1.54) is 0 Å². The van der Waals surface area contributed by atoms with Crippen molar-refractivity contribution in [2.45, 2.75) is 19.4 Å². The molecule has 14 heavy (non-hydrogen) atoms. The lowest BCUT2D eigenvalue weighted by Gasteiger charge is -2.35. The molecule has 0 spiro atoms. The van der Waals surface area contributed by atoms with Gasteiger partial charge in [-0.05, 0) is 18.6 Å². The molecule has 0 amide bonds. The van der Waals surface area contributed by atoms with Crippen LogP contribution in [-0.4, -0.2) is 33.7 Å². The Kier molecular flexibility index (Phi) is 3.08. The molecule has 0 unspecified atom stereocenters. The minimum absolute atomic E-state index is 0.245. The van der Waals surface area contributed by atoms with Gasteiger partial charge in [0.1, 0.15) is 12.7 Å². The molecule has 78 valence electrons. The summed E-state index contributed by atoms with van der Waals surface area (Å²) in [5.74, 6) is 0.885. The van der Waals surface area contributed by atoms with Crippen molar-refractivity contribution in [3.8, 4) is 0 Å². The fourth-order valence-corrected chi connectivity index (χ4v) is 2.24. The summed E-state index contributed by atoms with van der Waals surface area (Å²) in [5.41, 5.74) is 0.245. The normalized spacial score (nSPS) is 20.9. The average molecular weight is 213 g/mol. The van der Waals surface area contributed by atoms with Gasteiger partial charge in [-0.15, -0.1) is 0 Å². The van der Waals surface area contributed by atoms with E-state index < -0.39 is 0 Å². The summed E-state index contributed by atoms with van der Waals surface area (Å²) in [6, 6.07) is 0. The maximum Gasteiger partial charge on any atom is 0.137 e. The molecule has 2 heterocycles. The van der Waals surface area contributed by atoms with Crippen molar-refractivity contribution >= 4 is 12.6 Å². The number of hydrogen-bond acceptors (Lipinski definition) is 4. The number of nitrogens with zero attached hydrogens (tertiary/aromatic N) is 3. The smallest absolute Gasteiger partial charge is 0.137 e. The molecule has 5 heteroatoms. The SMILES string of the molecule is SCC1(Cn2cncn2)CCOCC1. The van der Waals surface area contributed by atoms with Crippen molar-refractivity contribution in [1.29, 1.82) is 0 Å². The number of ether oxygens (including phenoxy) is 1. The Balaban J connectivity index is 2.04. The topological polar surface area (TPSA) is 39.9 Å². The van der Waals surface area contributed by atoms with Crippen LogP contribution in [-0.2, 0) is 11.3 Å². The number of hydrogen-bond donors (Lipinski definition) is 1. The highest BCUT2D eigenvalue weighted by molar-refractivity contribution is 7.80. The van der Waals surface area contributed by atoms with Crippen LogP contribution in [0, 0.1) is 5.41 Å². The van der Waals surface area contributed by atoms with Gasteiger partial charge in [0.25, 0.3) is 0 Å². The Hall–Kier alpha value is -0.550. The van der Waals surface area contributed by atoms with Crippen LogP contribution in [0.1, 0.15) is 12.8 Å². The Labute approximate surface area is 89.1 Å². The molecule has 1 aliphatic rings. The average Bonchev–Trinajstić information content (AvgIpc) is 2.72. The molecule has 0 N–H and O–H groups in total. The molecule has 1 saturated heterocycles. The molecule has 0 aliphatic carbocycles. The van der Waals surface area contributed by atoms with Crippen LogP contribution < -0.4 is 0 Å². The van der Waals surface area contributed by atoms with E-state index in [1.54, 1.807) is 12.7 Å². The Morgan fingerprint density at radius 3 is 2.79 bits per heavy atom. The predicted octanol–water partition coefficient (Wildman–Crippen LogP) is 1.00. The summed E-state index contributed by atoms with van der Waals surface area (Å²) >= 11 is 4.44. The molecule has 2 rings (SSSR count). The number of rotatable bonds is 3. The standard InChI is InChI=1S/C9H15N3OS/c14-6-9(1-3-13-4-2-9)5-12-8-10-7-11-12/h7-8,14H,1-6H2. The lowest BCUT2D eigenvalue weighted by atomic mass is 9.82. The second kappa shape index (κ2) is 4.31. The third kappa shape index (κ3) is 2.09. The summed E-state index contributed by atoms with van der Waals surface area (Å²) in [7, 11) is 0. The fourth-order valence-electron chi connectivity index (χ4n) is 1.83. The summed E-state index contributed by atoms with van der Waals surface area (Å²) in [6.07, 6.45) is 5.47. The summed E-state index contributed by atoms with van der Waals surface area (Å²) in [5, 5.41) is 4.13. The van der Waals surface area contributed by atoms with Gasteiger partial charge in [-0.1, -0.05) is 0 Å². The van der Waals surface area contributed by atoms with Crippen molar-refractivity contribution in [3.63, 3.8) is 0 Å². The fraction of sp³-hybridized carbons (Fsp3) is 0.778. The molecule has 4 nitrogen and oxygen atoms in total. The van der Waals surface area contributed by atoms with Crippen LogP contribution in [0.15, 0.2) is 12.7 Å². The van der Waals surface area contributed by atoms with E-state index in [4.69, 9.17) is 4.74 Å². The van der Waals surface area contributed by atoms with Crippen molar-refractivity contribution < 1.29 is 4.74 Å². The van der Waals surface area contributed by atoms with Gasteiger partial charge < -0.3 is 4.74 Å². The highest BCUT2D eigenvalue weighted by Gasteiger charge is 2.31. The van der Waals surface area contributed by atoms with E-state index in [0.29, 0.717) is 0 Å². The van der Waals surface area contributed by atoms with Gasteiger partial charge in [0.2, 0.25) is 0 Å². The van der Waals surface area contributed by atoms with E-state index >= 15 is 0 Å². The largest absolute Gasteiger partial charge is 0.381 e.